The molecule has 1 saturated heterocycles. The molecular formula is C13H23N3O3S2. The lowest BCUT2D eigenvalue weighted by atomic mass is 9.87. The molecule has 21 heavy (non-hydrogen) atoms. The van der Waals surface area contributed by atoms with Crippen LogP contribution in [0.2, 0.25) is 0 Å². The number of sulfonamides is 1. The number of nitrogens with two attached hydrogens (primary N) is 1. The van der Waals surface area contributed by atoms with Crippen LogP contribution in [0.3, 0.4) is 0 Å². The van der Waals surface area contributed by atoms with E-state index in [2.05, 4.69) is 24.1 Å². The van der Waals surface area contributed by atoms with Crippen LogP contribution in [0.15, 0.2) is 4.21 Å². The van der Waals surface area contributed by atoms with E-state index in [1.165, 1.54) is 0 Å². The molecule has 0 aromatic carbocycles. The number of nitrogens with one attached hydrogen (secondary N) is 1. The third kappa shape index (κ3) is 4.15. The standard InChI is InChI=1S/C13H23N3O3S2/c1-8(2)11-10(5-4-6-19-11)7-15-13-16-9(3)12(20-13)21(14,17)18/h8,10-11H,4-7H2,1-3H3,(H,15,16)(H2,14,17,18)/t10-,11-/m1/s1. The Morgan fingerprint density at radius 3 is 2.81 bits per heavy atom. The van der Waals surface area contributed by atoms with Gasteiger partial charge in [-0.15, -0.1) is 0 Å². The van der Waals surface area contributed by atoms with Crippen molar-refractivity contribution in [2.24, 2.45) is 17.0 Å². The number of primary sulfonamides is 1. The first kappa shape index (κ1) is 16.7. The molecule has 0 aliphatic carbocycles. The van der Waals surface area contributed by atoms with Gasteiger partial charge in [-0.25, -0.2) is 18.5 Å². The molecule has 1 aromatic rings. The van der Waals surface area contributed by atoms with Crippen LogP contribution in [0, 0.1) is 18.8 Å². The monoisotopic (exact) mass is 333 g/mol. The van der Waals surface area contributed by atoms with Crippen molar-refractivity contribution in [2.45, 2.75) is 43.9 Å². The molecule has 1 fully saturated rings. The molecule has 0 bridgehead atoms. The molecule has 0 unspecified atom stereocenters. The van der Waals surface area contributed by atoms with Crippen molar-refractivity contribution < 1.29 is 13.2 Å². The van der Waals surface area contributed by atoms with Gasteiger partial charge in [-0.2, -0.15) is 0 Å². The zero-order chi connectivity index (χ0) is 15.6. The molecule has 0 spiro atoms. The summed E-state index contributed by atoms with van der Waals surface area (Å²) in [7, 11) is -3.69. The van der Waals surface area contributed by atoms with Crippen LogP contribution < -0.4 is 10.5 Å². The highest BCUT2D eigenvalue weighted by Crippen LogP contribution is 2.29. The van der Waals surface area contributed by atoms with Gasteiger partial charge in [0.2, 0.25) is 10.0 Å². The molecular weight excluding hydrogens is 310 g/mol. The van der Waals surface area contributed by atoms with Crippen LogP contribution in [0.4, 0.5) is 5.13 Å². The summed E-state index contributed by atoms with van der Waals surface area (Å²) < 4.78 is 28.8. The van der Waals surface area contributed by atoms with E-state index in [0.29, 0.717) is 22.7 Å². The number of anilines is 1. The van der Waals surface area contributed by atoms with E-state index in [-0.39, 0.29) is 10.3 Å². The Kier molecular flexibility index (Phi) is 5.24. The van der Waals surface area contributed by atoms with Gasteiger partial charge < -0.3 is 10.1 Å². The Bertz CT molecular complexity index is 583. The maximum absolute atomic E-state index is 11.4. The summed E-state index contributed by atoms with van der Waals surface area (Å²) in [4.78, 5) is 4.24. The van der Waals surface area contributed by atoms with Gasteiger partial charge in [-0.3, -0.25) is 0 Å². The highest BCUT2D eigenvalue weighted by molar-refractivity contribution is 7.91. The molecule has 0 amide bonds. The molecule has 1 aliphatic rings. The van der Waals surface area contributed by atoms with Crippen LogP contribution in [-0.4, -0.2) is 32.7 Å². The minimum Gasteiger partial charge on any atom is -0.378 e. The Balaban J connectivity index is 2.02. The van der Waals surface area contributed by atoms with Crippen molar-refractivity contribution in [2.75, 3.05) is 18.5 Å². The predicted molar refractivity (Wildman–Crippen MR) is 84.0 cm³/mol. The van der Waals surface area contributed by atoms with Crippen LogP contribution in [0.1, 0.15) is 32.4 Å². The number of aromatic nitrogens is 1. The van der Waals surface area contributed by atoms with Gasteiger partial charge in [0.15, 0.2) is 9.34 Å². The number of ether oxygens (including phenoxy) is 1. The quantitative estimate of drug-likeness (QED) is 0.859. The molecule has 2 heterocycles. The second-order valence-electron chi connectivity index (χ2n) is 5.80. The highest BCUT2D eigenvalue weighted by Gasteiger charge is 2.28. The van der Waals surface area contributed by atoms with Crippen LogP contribution in [0.5, 0.6) is 0 Å². The summed E-state index contributed by atoms with van der Waals surface area (Å²) in [5.74, 6) is 0.885. The maximum atomic E-state index is 11.4. The van der Waals surface area contributed by atoms with E-state index in [1.807, 2.05) is 0 Å². The zero-order valence-electron chi connectivity index (χ0n) is 12.6. The van der Waals surface area contributed by atoms with Crippen LogP contribution in [-0.2, 0) is 14.8 Å². The minimum absolute atomic E-state index is 0.130. The summed E-state index contributed by atoms with van der Waals surface area (Å²) >= 11 is 1.09. The molecule has 0 saturated carbocycles. The Hall–Kier alpha value is -0.700. The maximum Gasteiger partial charge on any atom is 0.249 e. The van der Waals surface area contributed by atoms with Gasteiger partial charge in [0.1, 0.15) is 0 Å². The molecule has 120 valence electrons. The average molecular weight is 333 g/mol. The summed E-state index contributed by atoms with van der Waals surface area (Å²) in [6, 6.07) is 0. The molecule has 6 nitrogen and oxygen atoms in total. The fourth-order valence-electron chi connectivity index (χ4n) is 2.76. The minimum atomic E-state index is -3.69. The third-order valence-corrected chi connectivity index (χ3v) is 6.35. The number of thiazole rings is 1. The van der Waals surface area contributed by atoms with Crippen molar-refractivity contribution >= 4 is 26.5 Å². The number of nitrogens with zero attached hydrogens (tertiary/aromatic N) is 1. The van der Waals surface area contributed by atoms with Gasteiger partial charge in [0.25, 0.3) is 0 Å². The van der Waals surface area contributed by atoms with Gasteiger partial charge >= 0.3 is 0 Å². The lowest BCUT2D eigenvalue weighted by Crippen LogP contribution is -2.37. The van der Waals surface area contributed by atoms with E-state index >= 15 is 0 Å². The van der Waals surface area contributed by atoms with E-state index < -0.39 is 10.0 Å². The normalized spacial score (nSPS) is 23.5. The molecule has 1 aromatic heterocycles. The van der Waals surface area contributed by atoms with Crippen molar-refractivity contribution in [3.8, 4) is 0 Å². The Morgan fingerprint density at radius 1 is 1.52 bits per heavy atom. The number of hydrogen-bond acceptors (Lipinski definition) is 6. The second kappa shape index (κ2) is 6.60. The topological polar surface area (TPSA) is 94.3 Å². The van der Waals surface area contributed by atoms with Gasteiger partial charge in [0.05, 0.1) is 11.8 Å². The van der Waals surface area contributed by atoms with Crippen molar-refractivity contribution in [1.82, 2.24) is 4.98 Å². The lowest BCUT2D eigenvalue weighted by molar-refractivity contribution is -0.0480. The predicted octanol–water partition coefficient (Wildman–Crippen LogP) is 1.96. The molecule has 3 N–H and O–H groups in total. The molecule has 1 aliphatic heterocycles. The second-order valence-corrected chi connectivity index (χ2v) is 8.56. The number of hydrogen-bond donors (Lipinski definition) is 2. The van der Waals surface area contributed by atoms with Crippen molar-refractivity contribution in [1.29, 1.82) is 0 Å². The largest absolute Gasteiger partial charge is 0.378 e. The van der Waals surface area contributed by atoms with E-state index in [1.54, 1.807) is 6.92 Å². The van der Waals surface area contributed by atoms with Crippen LogP contribution >= 0.6 is 11.3 Å². The van der Waals surface area contributed by atoms with E-state index in [4.69, 9.17) is 9.88 Å². The lowest BCUT2D eigenvalue weighted by Gasteiger charge is -2.34. The van der Waals surface area contributed by atoms with Crippen LogP contribution in [0.25, 0.3) is 0 Å². The molecule has 0 radical (unpaired) electrons. The molecule has 2 atom stereocenters. The van der Waals surface area contributed by atoms with Gasteiger partial charge in [-0.1, -0.05) is 25.2 Å². The Morgan fingerprint density at radius 2 is 2.24 bits per heavy atom. The summed E-state index contributed by atoms with van der Waals surface area (Å²) in [5, 5.41) is 9.01. The van der Waals surface area contributed by atoms with E-state index in [9.17, 15) is 8.42 Å². The highest BCUT2D eigenvalue weighted by atomic mass is 32.2. The number of aryl methyl sites for hydroxylation is 1. The fourth-order valence-corrected chi connectivity index (χ4v) is 4.63. The average Bonchev–Trinajstić information content (AvgIpc) is 2.78. The number of rotatable bonds is 5. The molecule has 8 heteroatoms. The summed E-state index contributed by atoms with van der Waals surface area (Å²) in [6.45, 7) is 7.54. The van der Waals surface area contributed by atoms with E-state index in [0.717, 1.165) is 37.3 Å². The first-order chi connectivity index (χ1) is 9.79. The van der Waals surface area contributed by atoms with Gasteiger partial charge in [0, 0.05) is 19.1 Å². The summed E-state index contributed by atoms with van der Waals surface area (Å²) in [6.07, 6.45) is 2.42. The smallest absolute Gasteiger partial charge is 0.249 e. The third-order valence-electron chi connectivity index (χ3n) is 3.68. The van der Waals surface area contributed by atoms with Gasteiger partial charge in [-0.05, 0) is 25.7 Å². The first-order valence-electron chi connectivity index (χ1n) is 7.14. The van der Waals surface area contributed by atoms with Crippen molar-refractivity contribution in [3.63, 3.8) is 0 Å². The fraction of sp³-hybridized carbons (Fsp3) is 0.769. The molecule has 2 rings (SSSR count). The first-order valence-corrected chi connectivity index (χ1v) is 9.51. The SMILES string of the molecule is Cc1nc(NC[C@H]2CCCO[C@@H]2C(C)C)sc1S(N)(=O)=O. The Labute approximate surface area is 130 Å². The summed E-state index contributed by atoms with van der Waals surface area (Å²) in [5.41, 5.74) is 0.449. The zero-order valence-corrected chi connectivity index (χ0v) is 14.3. The van der Waals surface area contributed by atoms with Crippen molar-refractivity contribution in [3.05, 3.63) is 5.69 Å².